The minimum absolute atomic E-state index is 0. The molecule has 9 heteroatoms. The van der Waals surface area contributed by atoms with Crippen molar-refractivity contribution in [2.75, 3.05) is 20.1 Å². The van der Waals surface area contributed by atoms with Crippen molar-refractivity contribution in [1.29, 1.82) is 0 Å². The van der Waals surface area contributed by atoms with Crippen LogP contribution in [0.1, 0.15) is 50.5 Å². The lowest BCUT2D eigenvalue weighted by atomic mass is 9.75. The summed E-state index contributed by atoms with van der Waals surface area (Å²) in [7, 11) is 1.99. The van der Waals surface area contributed by atoms with Crippen LogP contribution in [-0.2, 0) is 6.42 Å². The molecule has 1 aliphatic heterocycles. The molecule has 1 unspecified atom stereocenters. The molecular weight excluding hydrogens is 440 g/mol. The predicted molar refractivity (Wildman–Crippen MR) is 117 cm³/mol. The summed E-state index contributed by atoms with van der Waals surface area (Å²) in [4.78, 5) is 2.43. The second-order valence-corrected chi connectivity index (χ2v) is 8.16. The average Bonchev–Trinajstić information content (AvgIpc) is 2.66. The van der Waals surface area contributed by atoms with Crippen LogP contribution in [0.15, 0.2) is 24.3 Å². The summed E-state index contributed by atoms with van der Waals surface area (Å²) in [6, 6.07) is 6.77. The highest BCUT2D eigenvalue weighted by Gasteiger charge is 2.42. The van der Waals surface area contributed by atoms with Crippen LogP contribution in [0.2, 0.25) is 0 Å². The maximum Gasteiger partial charge on any atom is 0.573 e. The Morgan fingerprint density at radius 2 is 1.87 bits per heavy atom. The zero-order chi connectivity index (χ0) is 20.2. The van der Waals surface area contributed by atoms with Crippen molar-refractivity contribution in [3.63, 3.8) is 0 Å². The second-order valence-electron chi connectivity index (χ2n) is 8.16. The first-order chi connectivity index (χ1) is 13.3. The summed E-state index contributed by atoms with van der Waals surface area (Å²) in [5.74, 6) is -0.202. The molecule has 2 aliphatic rings. The van der Waals surface area contributed by atoms with Crippen LogP contribution in [-0.4, -0.2) is 54.2 Å². The van der Waals surface area contributed by atoms with E-state index >= 15 is 0 Å². The normalized spacial score (nSPS) is 25.8. The zero-order valence-corrected chi connectivity index (χ0v) is 18.9. The van der Waals surface area contributed by atoms with Crippen molar-refractivity contribution in [2.24, 2.45) is 0 Å². The van der Waals surface area contributed by atoms with Gasteiger partial charge >= 0.3 is 6.36 Å². The Labute approximate surface area is 189 Å². The van der Waals surface area contributed by atoms with Gasteiger partial charge in [-0.3, -0.25) is 4.90 Å². The Bertz CT molecular complexity index is 643. The molecule has 0 radical (unpaired) electrons. The van der Waals surface area contributed by atoms with E-state index in [1.54, 1.807) is 12.1 Å². The van der Waals surface area contributed by atoms with Crippen molar-refractivity contribution in [2.45, 2.75) is 75.4 Å². The van der Waals surface area contributed by atoms with E-state index in [2.05, 4.69) is 15.0 Å². The lowest BCUT2D eigenvalue weighted by Crippen LogP contribution is -2.57. The molecule has 1 heterocycles. The molecule has 2 fully saturated rings. The number of nitrogens with one attached hydrogen (secondary N) is 1. The number of aliphatic hydroxyl groups is 1. The maximum atomic E-state index is 12.4. The monoisotopic (exact) mass is 472 g/mol. The minimum atomic E-state index is -4.69. The largest absolute Gasteiger partial charge is 0.573 e. The van der Waals surface area contributed by atoms with Gasteiger partial charge in [0.2, 0.25) is 0 Å². The van der Waals surface area contributed by atoms with E-state index in [1.165, 1.54) is 12.1 Å². The van der Waals surface area contributed by atoms with E-state index in [9.17, 15) is 18.3 Å². The van der Waals surface area contributed by atoms with Crippen LogP contribution in [0.4, 0.5) is 13.2 Å². The van der Waals surface area contributed by atoms with Crippen molar-refractivity contribution in [3.05, 3.63) is 29.8 Å². The Kier molecular flexibility index (Phi) is 10.7. The molecule has 1 saturated heterocycles. The third-order valence-corrected chi connectivity index (χ3v) is 6.31. The number of benzene rings is 1. The molecule has 2 N–H and O–H groups in total. The summed E-state index contributed by atoms with van der Waals surface area (Å²) < 4.78 is 41.4. The quantitative estimate of drug-likeness (QED) is 0.628. The Balaban J connectivity index is 0.00000225. The first-order valence-electron chi connectivity index (χ1n) is 10.3. The van der Waals surface area contributed by atoms with E-state index in [0.717, 1.165) is 57.2 Å². The summed E-state index contributed by atoms with van der Waals surface area (Å²) in [6.45, 7) is 1.96. The molecule has 174 valence electrons. The van der Waals surface area contributed by atoms with E-state index in [-0.39, 0.29) is 36.6 Å². The summed E-state index contributed by atoms with van der Waals surface area (Å²) in [5, 5.41) is 14.8. The number of piperidine rings is 1. The number of nitrogens with zero attached hydrogens (tertiary/aromatic N) is 1. The van der Waals surface area contributed by atoms with Gasteiger partial charge in [0.05, 0.1) is 5.60 Å². The van der Waals surface area contributed by atoms with Gasteiger partial charge in [-0.25, -0.2) is 0 Å². The van der Waals surface area contributed by atoms with E-state index < -0.39 is 12.0 Å². The third-order valence-electron chi connectivity index (χ3n) is 6.31. The Hall–Kier alpha value is -0.730. The molecule has 1 aromatic carbocycles. The predicted octanol–water partition coefficient (Wildman–Crippen LogP) is 4.72. The summed E-state index contributed by atoms with van der Waals surface area (Å²) >= 11 is 0. The van der Waals surface area contributed by atoms with Crippen LogP contribution in [0, 0.1) is 0 Å². The van der Waals surface area contributed by atoms with Gasteiger partial charge in [0.1, 0.15) is 5.75 Å². The van der Waals surface area contributed by atoms with Crippen LogP contribution >= 0.6 is 24.8 Å². The number of hydrogen-bond donors (Lipinski definition) is 2. The molecule has 1 aromatic rings. The highest BCUT2D eigenvalue weighted by atomic mass is 35.5. The van der Waals surface area contributed by atoms with Crippen LogP contribution in [0.5, 0.6) is 5.75 Å². The number of aryl methyl sites for hydroxylation is 1. The molecule has 4 nitrogen and oxygen atoms in total. The molecule has 0 amide bonds. The molecular formula is C21H33Cl2F3N2O2. The van der Waals surface area contributed by atoms with Gasteiger partial charge in [-0.05, 0) is 63.3 Å². The summed E-state index contributed by atoms with van der Waals surface area (Å²) in [6.07, 6.45) is 2.42. The van der Waals surface area contributed by atoms with Crippen molar-refractivity contribution < 1.29 is 23.0 Å². The highest BCUT2D eigenvalue weighted by Crippen LogP contribution is 2.37. The van der Waals surface area contributed by atoms with Gasteiger partial charge in [0, 0.05) is 25.2 Å². The number of alkyl halides is 3. The van der Waals surface area contributed by atoms with E-state index in [1.807, 2.05) is 7.05 Å². The van der Waals surface area contributed by atoms with E-state index in [0.29, 0.717) is 18.9 Å². The van der Waals surface area contributed by atoms with Crippen LogP contribution < -0.4 is 10.1 Å². The fourth-order valence-electron chi connectivity index (χ4n) is 4.78. The average molecular weight is 473 g/mol. The first-order valence-corrected chi connectivity index (χ1v) is 10.3. The third kappa shape index (κ3) is 7.45. The zero-order valence-electron chi connectivity index (χ0n) is 17.3. The highest BCUT2D eigenvalue weighted by molar-refractivity contribution is 5.85. The molecule has 0 aromatic heterocycles. The lowest BCUT2D eigenvalue weighted by Gasteiger charge is -2.48. The number of ether oxygens (including phenoxy) is 1. The lowest BCUT2D eigenvalue weighted by molar-refractivity contribution is -0.274. The Morgan fingerprint density at radius 3 is 2.50 bits per heavy atom. The first kappa shape index (κ1) is 27.3. The number of likely N-dealkylation sites (tertiary alicyclic amines) is 1. The number of rotatable bonds is 6. The van der Waals surface area contributed by atoms with Gasteiger partial charge in [-0.2, -0.15) is 0 Å². The number of hydrogen-bond acceptors (Lipinski definition) is 4. The van der Waals surface area contributed by atoms with Crippen molar-refractivity contribution in [1.82, 2.24) is 10.2 Å². The second kappa shape index (κ2) is 11.8. The van der Waals surface area contributed by atoms with Gasteiger partial charge < -0.3 is 15.2 Å². The summed E-state index contributed by atoms with van der Waals surface area (Å²) in [5.41, 5.74) is -0.0283. The van der Waals surface area contributed by atoms with Crippen LogP contribution in [0.3, 0.4) is 0 Å². The molecule has 0 bridgehead atoms. The fourth-order valence-corrected chi connectivity index (χ4v) is 4.78. The molecule has 3 rings (SSSR count). The molecule has 1 aliphatic carbocycles. The smallest absolute Gasteiger partial charge is 0.406 e. The molecule has 30 heavy (non-hydrogen) atoms. The fraction of sp³-hybridized carbons (Fsp3) is 0.714. The minimum Gasteiger partial charge on any atom is -0.406 e. The SMILES string of the molecule is CNC1CCN(C2CCCC[C@]2(O)CCc2cccc(OC(F)(F)F)c2)CC1.Cl.Cl. The topological polar surface area (TPSA) is 44.7 Å². The van der Waals surface area contributed by atoms with Gasteiger partial charge in [-0.15, -0.1) is 38.0 Å². The van der Waals surface area contributed by atoms with Crippen LogP contribution in [0.25, 0.3) is 0 Å². The molecule has 0 spiro atoms. The number of halogens is 5. The van der Waals surface area contributed by atoms with Gasteiger partial charge in [-0.1, -0.05) is 25.0 Å². The Morgan fingerprint density at radius 1 is 1.17 bits per heavy atom. The molecule has 1 saturated carbocycles. The van der Waals surface area contributed by atoms with Crippen molar-refractivity contribution >= 4 is 24.8 Å². The van der Waals surface area contributed by atoms with Gasteiger partial charge in [0.15, 0.2) is 0 Å². The van der Waals surface area contributed by atoms with Gasteiger partial charge in [0.25, 0.3) is 0 Å². The standard InChI is InChI=1S/C21H31F3N2O2.2ClH/c1-25-17-9-13-26(14-10-17)19-7-2-3-11-20(19,27)12-8-16-5-4-6-18(15-16)28-21(22,23)24;;/h4-6,15,17,19,25,27H,2-3,7-14H2,1H3;2*1H/t19?,20-;;/m0../s1. The molecule has 2 atom stereocenters. The van der Waals surface area contributed by atoms with Crippen molar-refractivity contribution in [3.8, 4) is 5.75 Å². The maximum absolute atomic E-state index is 12.4. The van der Waals surface area contributed by atoms with E-state index in [4.69, 9.17) is 0 Å².